The second-order valence-electron chi connectivity index (χ2n) is 6.61. The van der Waals surface area contributed by atoms with Crippen LogP contribution in [-0.4, -0.2) is 15.5 Å². The lowest BCUT2D eigenvalue weighted by atomic mass is 10.1. The maximum Gasteiger partial charge on any atom is 0.274 e. The lowest BCUT2D eigenvalue weighted by Gasteiger charge is -2.08. The number of hydrogen-bond acceptors (Lipinski definition) is 3. The Morgan fingerprint density at radius 3 is 2.68 bits per heavy atom. The third-order valence-electron chi connectivity index (χ3n) is 4.65. The molecule has 0 unspecified atom stereocenters. The number of nitrogens with zero attached hydrogens (tertiary/aromatic N) is 2. The highest BCUT2D eigenvalue weighted by atomic mass is 32.1. The van der Waals surface area contributed by atoms with E-state index >= 15 is 0 Å². The molecular weight excluding hydrogens is 330 g/mol. The number of rotatable bonds is 5. The molecule has 3 rings (SSSR count). The molecule has 0 bridgehead atoms. The van der Waals surface area contributed by atoms with E-state index in [0.717, 1.165) is 40.8 Å². The summed E-state index contributed by atoms with van der Waals surface area (Å²) in [6.45, 7) is 11.2. The fourth-order valence-electron chi connectivity index (χ4n) is 3.18. The number of aryl methyl sites for hydroxylation is 3. The summed E-state index contributed by atoms with van der Waals surface area (Å²) in [5, 5.41) is 6.82. The van der Waals surface area contributed by atoms with Gasteiger partial charge in [-0.05, 0) is 49.4 Å². The second-order valence-corrected chi connectivity index (χ2v) is 7.47. The summed E-state index contributed by atoms with van der Waals surface area (Å²) in [6, 6.07) is 6.47. The van der Waals surface area contributed by atoms with Gasteiger partial charge in [-0.25, -0.2) is 4.98 Å². The van der Waals surface area contributed by atoms with Crippen molar-refractivity contribution < 1.29 is 4.79 Å². The Hall–Kier alpha value is -2.14. The molecule has 0 atom stereocenters. The zero-order valence-corrected chi connectivity index (χ0v) is 16.3. The standard InChI is InChI=1S/C20H25N3OS/c1-6-14-8-9-17-15(10-14)13(5)18(23(17)7-2)19(24)22-20-21-16(11-25-20)12(3)4/h8-12H,6-7H2,1-5H3,(H,21,22,24). The number of carbonyl (C=O) groups excluding carboxylic acids is 1. The van der Waals surface area contributed by atoms with E-state index < -0.39 is 0 Å². The van der Waals surface area contributed by atoms with Gasteiger partial charge in [0.2, 0.25) is 0 Å². The summed E-state index contributed by atoms with van der Waals surface area (Å²) in [5.74, 6) is 0.274. The van der Waals surface area contributed by atoms with Gasteiger partial charge in [-0.3, -0.25) is 10.1 Å². The number of nitrogens with one attached hydrogen (secondary N) is 1. The van der Waals surface area contributed by atoms with E-state index in [1.54, 1.807) is 0 Å². The van der Waals surface area contributed by atoms with Crippen LogP contribution in [0, 0.1) is 6.92 Å². The van der Waals surface area contributed by atoms with Crippen molar-refractivity contribution in [2.24, 2.45) is 0 Å². The summed E-state index contributed by atoms with van der Waals surface area (Å²) in [7, 11) is 0. The highest BCUT2D eigenvalue weighted by molar-refractivity contribution is 7.14. The van der Waals surface area contributed by atoms with E-state index in [-0.39, 0.29) is 5.91 Å². The highest BCUT2D eigenvalue weighted by Crippen LogP contribution is 2.28. The Kier molecular flexibility index (Phi) is 4.95. The minimum atomic E-state index is -0.0849. The van der Waals surface area contributed by atoms with Crippen LogP contribution < -0.4 is 5.32 Å². The molecule has 25 heavy (non-hydrogen) atoms. The van der Waals surface area contributed by atoms with Crippen molar-refractivity contribution in [2.75, 3.05) is 5.32 Å². The average Bonchev–Trinajstić information content (AvgIpc) is 3.17. The van der Waals surface area contributed by atoms with Crippen LogP contribution in [0.3, 0.4) is 0 Å². The van der Waals surface area contributed by atoms with Gasteiger partial charge in [0.15, 0.2) is 5.13 Å². The minimum absolute atomic E-state index is 0.0849. The molecule has 0 aliphatic heterocycles. The third kappa shape index (κ3) is 3.21. The molecule has 132 valence electrons. The van der Waals surface area contributed by atoms with Gasteiger partial charge in [0, 0.05) is 22.8 Å². The smallest absolute Gasteiger partial charge is 0.274 e. The number of thiazole rings is 1. The molecule has 5 heteroatoms. The minimum Gasteiger partial charge on any atom is -0.337 e. The first-order valence-corrected chi connectivity index (χ1v) is 9.72. The van der Waals surface area contributed by atoms with E-state index in [1.807, 2.05) is 12.3 Å². The molecule has 0 radical (unpaired) electrons. The van der Waals surface area contributed by atoms with Crippen LogP contribution in [-0.2, 0) is 13.0 Å². The number of benzene rings is 1. The van der Waals surface area contributed by atoms with Crippen LogP contribution in [0.15, 0.2) is 23.6 Å². The number of amides is 1. The van der Waals surface area contributed by atoms with Gasteiger partial charge in [-0.2, -0.15) is 0 Å². The van der Waals surface area contributed by atoms with E-state index in [2.05, 4.69) is 60.8 Å². The molecule has 0 saturated carbocycles. The largest absolute Gasteiger partial charge is 0.337 e. The molecule has 0 aliphatic rings. The van der Waals surface area contributed by atoms with Gasteiger partial charge in [-0.1, -0.05) is 26.8 Å². The molecular formula is C20H25N3OS. The zero-order chi connectivity index (χ0) is 18.1. The van der Waals surface area contributed by atoms with Crippen LogP contribution in [0.1, 0.15) is 60.9 Å². The zero-order valence-electron chi connectivity index (χ0n) is 15.5. The normalized spacial score (nSPS) is 11.4. The van der Waals surface area contributed by atoms with Crippen molar-refractivity contribution in [3.05, 3.63) is 46.1 Å². The molecule has 0 aliphatic carbocycles. The molecule has 3 aromatic rings. The molecule has 0 saturated heterocycles. The first kappa shape index (κ1) is 17.7. The van der Waals surface area contributed by atoms with E-state index in [4.69, 9.17) is 0 Å². The van der Waals surface area contributed by atoms with Crippen LogP contribution >= 0.6 is 11.3 Å². The van der Waals surface area contributed by atoms with Crippen molar-refractivity contribution >= 4 is 33.3 Å². The Morgan fingerprint density at radius 2 is 2.08 bits per heavy atom. The quantitative estimate of drug-likeness (QED) is 0.669. The van der Waals surface area contributed by atoms with Gasteiger partial charge in [0.1, 0.15) is 5.69 Å². The van der Waals surface area contributed by atoms with Crippen molar-refractivity contribution in [3.63, 3.8) is 0 Å². The maximum absolute atomic E-state index is 13.0. The third-order valence-corrected chi connectivity index (χ3v) is 5.43. The molecule has 0 fully saturated rings. The van der Waals surface area contributed by atoms with Gasteiger partial charge < -0.3 is 4.57 Å². The van der Waals surface area contributed by atoms with Crippen LogP contribution in [0.4, 0.5) is 5.13 Å². The molecule has 0 spiro atoms. The number of hydrogen-bond donors (Lipinski definition) is 1. The Labute approximate surface area is 152 Å². The summed E-state index contributed by atoms with van der Waals surface area (Å²) >= 11 is 1.48. The van der Waals surface area contributed by atoms with Crippen molar-refractivity contribution in [2.45, 2.75) is 53.5 Å². The molecule has 1 amide bonds. The monoisotopic (exact) mass is 355 g/mol. The molecule has 1 N–H and O–H groups in total. The van der Waals surface area contributed by atoms with Crippen molar-refractivity contribution in [3.8, 4) is 0 Å². The fraction of sp³-hybridized carbons (Fsp3) is 0.400. The Morgan fingerprint density at radius 1 is 1.32 bits per heavy atom. The number of carbonyl (C=O) groups is 1. The number of fused-ring (bicyclic) bond motifs is 1. The number of aromatic nitrogens is 2. The summed E-state index contributed by atoms with van der Waals surface area (Å²) in [4.78, 5) is 17.5. The van der Waals surface area contributed by atoms with Crippen LogP contribution in [0.5, 0.6) is 0 Å². The van der Waals surface area contributed by atoms with E-state index in [0.29, 0.717) is 11.0 Å². The average molecular weight is 356 g/mol. The predicted molar refractivity (Wildman–Crippen MR) is 106 cm³/mol. The van der Waals surface area contributed by atoms with Crippen molar-refractivity contribution in [1.29, 1.82) is 0 Å². The van der Waals surface area contributed by atoms with Gasteiger partial charge in [0.05, 0.1) is 5.69 Å². The van der Waals surface area contributed by atoms with Gasteiger partial charge >= 0.3 is 0 Å². The van der Waals surface area contributed by atoms with E-state index in [9.17, 15) is 4.79 Å². The predicted octanol–water partition coefficient (Wildman–Crippen LogP) is 5.36. The molecule has 1 aromatic carbocycles. The molecule has 2 heterocycles. The summed E-state index contributed by atoms with van der Waals surface area (Å²) < 4.78 is 2.09. The Bertz CT molecular complexity index is 921. The van der Waals surface area contributed by atoms with E-state index in [1.165, 1.54) is 16.9 Å². The lowest BCUT2D eigenvalue weighted by molar-refractivity contribution is 0.101. The molecule has 4 nitrogen and oxygen atoms in total. The topological polar surface area (TPSA) is 46.9 Å². The summed E-state index contributed by atoms with van der Waals surface area (Å²) in [6.07, 6.45) is 0.991. The van der Waals surface area contributed by atoms with Gasteiger partial charge in [0.25, 0.3) is 5.91 Å². The number of anilines is 1. The summed E-state index contributed by atoms with van der Waals surface area (Å²) in [5.41, 5.74) is 5.18. The first-order valence-electron chi connectivity index (χ1n) is 8.84. The van der Waals surface area contributed by atoms with Crippen LogP contribution in [0.25, 0.3) is 10.9 Å². The van der Waals surface area contributed by atoms with Gasteiger partial charge in [-0.15, -0.1) is 11.3 Å². The first-order chi connectivity index (χ1) is 12.0. The fourth-order valence-corrected chi connectivity index (χ4v) is 4.04. The highest BCUT2D eigenvalue weighted by Gasteiger charge is 2.21. The molecule has 2 aromatic heterocycles. The van der Waals surface area contributed by atoms with Crippen LogP contribution in [0.2, 0.25) is 0 Å². The SMILES string of the molecule is CCc1ccc2c(c1)c(C)c(C(=O)Nc1nc(C(C)C)cs1)n2CC. The van der Waals surface area contributed by atoms with Crippen molar-refractivity contribution in [1.82, 2.24) is 9.55 Å². The maximum atomic E-state index is 13.0. The lowest BCUT2D eigenvalue weighted by Crippen LogP contribution is -2.17. The Balaban J connectivity index is 2.01. The second kappa shape index (κ2) is 7.00.